The number of aliphatic imine (C=N–C) groups is 1. The summed E-state index contributed by atoms with van der Waals surface area (Å²) >= 11 is 0. The van der Waals surface area contributed by atoms with E-state index in [1.54, 1.807) is 0 Å². The normalized spacial score (nSPS) is 16.4. The molecule has 1 saturated heterocycles. The predicted molar refractivity (Wildman–Crippen MR) is 111 cm³/mol. The summed E-state index contributed by atoms with van der Waals surface area (Å²) in [5, 5.41) is 6.84. The molecule has 0 spiro atoms. The third-order valence-corrected chi connectivity index (χ3v) is 4.33. The number of guanidine groups is 1. The lowest BCUT2D eigenvalue weighted by molar-refractivity contribution is -0.00833. The number of nitrogens with zero attached hydrogens (tertiary/aromatic N) is 2. The van der Waals surface area contributed by atoms with Crippen LogP contribution >= 0.6 is 24.0 Å². The molecular formula is C18H31IN4O. The maximum atomic E-state index is 5.44. The zero-order valence-corrected chi connectivity index (χ0v) is 17.4. The van der Waals surface area contributed by atoms with Gasteiger partial charge in [-0.25, -0.2) is 0 Å². The van der Waals surface area contributed by atoms with Crippen LogP contribution in [0, 0.1) is 0 Å². The van der Waals surface area contributed by atoms with Crippen molar-refractivity contribution in [3.63, 3.8) is 0 Å². The molecule has 0 amide bonds. The SMILES string of the molecule is CN=C(NCCc1ccccc1)NCC(C)(C)N1CCOCC1.I. The molecule has 2 N–H and O–H groups in total. The van der Waals surface area contributed by atoms with Crippen LogP contribution in [0.3, 0.4) is 0 Å². The van der Waals surface area contributed by atoms with Gasteiger partial charge in [-0.3, -0.25) is 9.89 Å². The van der Waals surface area contributed by atoms with Gasteiger partial charge in [-0.15, -0.1) is 24.0 Å². The van der Waals surface area contributed by atoms with Gasteiger partial charge >= 0.3 is 0 Å². The highest BCUT2D eigenvalue weighted by atomic mass is 127. The van der Waals surface area contributed by atoms with Gasteiger partial charge < -0.3 is 15.4 Å². The highest BCUT2D eigenvalue weighted by Crippen LogP contribution is 2.14. The Morgan fingerprint density at radius 1 is 1.17 bits per heavy atom. The molecular weight excluding hydrogens is 415 g/mol. The van der Waals surface area contributed by atoms with Gasteiger partial charge in [-0.2, -0.15) is 0 Å². The fourth-order valence-electron chi connectivity index (χ4n) is 2.77. The minimum Gasteiger partial charge on any atom is -0.379 e. The number of ether oxygens (including phenoxy) is 1. The topological polar surface area (TPSA) is 48.9 Å². The first kappa shape index (κ1) is 21.2. The summed E-state index contributed by atoms with van der Waals surface area (Å²) in [6.45, 7) is 9.91. The summed E-state index contributed by atoms with van der Waals surface area (Å²) in [6, 6.07) is 10.5. The number of hydrogen-bond donors (Lipinski definition) is 2. The van der Waals surface area contributed by atoms with Crippen molar-refractivity contribution < 1.29 is 4.74 Å². The minimum atomic E-state index is 0. The van der Waals surface area contributed by atoms with Crippen LogP contribution in [0.2, 0.25) is 0 Å². The Hall–Kier alpha value is -0.860. The Morgan fingerprint density at radius 3 is 2.46 bits per heavy atom. The molecule has 0 saturated carbocycles. The number of benzene rings is 1. The zero-order chi connectivity index (χ0) is 16.5. The molecule has 0 aliphatic carbocycles. The molecule has 1 aromatic carbocycles. The van der Waals surface area contributed by atoms with Crippen molar-refractivity contribution in [2.75, 3.05) is 46.4 Å². The third kappa shape index (κ3) is 6.94. The van der Waals surface area contributed by atoms with Gasteiger partial charge in [0.25, 0.3) is 0 Å². The molecule has 0 unspecified atom stereocenters. The largest absolute Gasteiger partial charge is 0.379 e. The lowest BCUT2D eigenvalue weighted by Crippen LogP contribution is -2.56. The highest BCUT2D eigenvalue weighted by molar-refractivity contribution is 14.0. The van der Waals surface area contributed by atoms with E-state index in [0.717, 1.165) is 51.8 Å². The molecule has 6 heteroatoms. The van der Waals surface area contributed by atoms with E-state index in [9.17, 15) is 0 Å². The number of hydrogen-bond acceptors (Lipinski definition) is 3. The summed E-state index contributed by atoms with van der Waals surface area (Å²) in [5.74, 6) is 0.863. The van der Waals surface area contributed by atoms with E-state index in [2.05, 4.69) is 58.6 Å². The van der Waals surface area contributed by atoms with Crippen LogP contribution in [0.5, 0.6) is 0 Å². The smallest absolute Gasteiger partial charge is 0.191 e. The van der Waals surface area contributed by atoms with E-state index in [0.29, 0.717) is 0 Å². The van der Waals surface area contributed by atoms with Crippen LogP contribution < -0.4 is 10.6 Å². The van der Waals surface area contributed by atoms with Gasteiger partial charge in [0.2, 0.25) is 0 Å². The standard InChI is InChI=1S/C18H30N4O.HI/c1-18(2,22-11-13-23-14-12-22)15-21-17(19-3)20-10-9-16-7-5-4-6-8-16;/h4-8H,9-15H2,1-3H3,(H2,19,20,21);1H. The summed E-state index contributed by atoms with van der Waals surface area (Å²) in [5.41, 5.74) is 1.42. The Labute approximate surface area is 163 Å². The maximum Gasteiger partial charge on any atom is 0.191 e. The van der Waals surface area contributed by atoms with E-state index in [4.69, 9.17) is 4.74 Å². The molecule has 1 aromatic rings. The number of nitrogens with one attached hydrogen (secondary N) is 2. The monoisotopic (exact) mass is 446 g/mol. The van der Waals surface area contributed by atoms with Crippen LogP contribution in [0.4, 0.5) is 0 Å². The lowest BCUT2D eigenvalue weighted by atomic mass is 10.0. The van der Waals surface area contributed by atoms with Gasteiger partial charge in [-0.05, 0) is 25.8 Å². The first-order chi connectivity index (χ1) is 11.1. The van der Waals surface area contributed by atoms with Gasteiger partial charge in [-0.1, -0.05) is 30.3 Å². The Balaban J connectivity index is 0.00000288. The van der Waals surface area contributed by atoms with Crippen molar-refractivity contribution in [2.24, 2.45) is 4.99 Å². The molecule has 1 aliphatic rings. The van der Waals surface area contributed by atoms with Crippen LogP contribution in [0.1, 0.15) is 19.4 Å². The van der Waals surface area contributed by atoms with Crippen molar-refractivity contribution in [3.8, 4) is 0 Å². The summed E-state index contributed by atoms with van der Waals surface area (Å²) in [4.78, 5) is 6.79. The van der Waals surface area contributed by atoms with Crippen LogP contribution in [-0.4, -0.2) is 62.8 Å². The van der Waals surface area contributed by atoms with E-state index in [1.807, 2.05) is 13.1 Å². The van der Waals surface area contributed by atoms with Gasteiger partial charge in [0.05, 0.1) is 13.2 Å². The average Bonchev–Trinajstić information content (AvgIpc) is 2.59. The molecule has 0 radical (unpaired) electrons. The van der Waals surface area contributed by atoms with Crippen molar-refractivity contribution in [3.05, 3.63) is 35.9 Å². The van der Waals surface area contributed by atoms with Crippen molar-refractivity contribution >= 4 is 29.9 Å². The van der Waals surface area contributed by atoms with E-state index >= 15 is 0 Å². The quantitative estimate of drug-likeness (QED) is 0.400. The Morgan fingerprint density at radius 2 is 1.83 bits per heavy atom. The van der Waals surface area contributed by atoms with Crippen molar-refractivity contribution in [2.45, 2.75) is 25.8 Å². The van der Waals surface area contributed by atoms with Gasteiger partial charge in [0.1, 0.15) is 0 Å². The maximum absolute atomic E-state index is 5.44. The first-order valence-electron chi connectivity index (χ1n) is 8.43. The number of morpholine rings is 1. The summed E-state index contributed by atoms with van der Waals surface area (Å²) in [7, 11) is 1.82. The molecule has 0 bridgehead atoms. The fourth-order valence-corrected chi connectivity index (χ4v) is 2.77. The molecule has 1 heterocycles. The van der Waals surface area contributed by atoms with Crippen molar-refractivity contribution in [1.29, 1.82) is 0 Å². The summed E-state index contributed by atoms with van der Waals surface area (Å²) in [6.07, 6.45) is 0.994. The number of halogens is 1. The Bertz CT molecular complexity index is 487. The zero-order valence-electron chi connectivity index (χ0n) is 15.0. The van der Waals surface area contributed by atoms with Crippen LogP contribution in [0.25, 0.3) is 0 Å². The second-order valence-corrected chi connectivity index (χ2v) is 6.50. The number of rotatable bonds is 6. The van der Waals surface area contributed by atoms with Crippen LogP contribution in [0.15, 0.2) is 35.3 Å². The second kappa shape index (κ2) is 10.9. The third-order valence-electron chi connectivity index (χ3n) is 4.33. The predicted octanol–water partition coefficient (Wildman–Crippen LogP) is 2.12. The molecule has 2 rings (SSSR count). The molecule has 1 aliphatic heterocycles. The second-order valence-electron chi connectivity index (χ2n) is 6.50. The minimum absolute atomic E-state index is 0. The first-order valence-corrected chi connectivity index (χ1v) is 8.43. The molecule has 0 atom stereocenters. The van der Waals surface area contributed by atoms with E-state index in [-0.39, 0.29) is 29.5 Å². The lowest BCUT2D eigenvalue weighted by Gasteiger charge is -2.41. The van der Waals surface area contributed by atoms with E-state index in [1.165, 1.54) is 5.56 Å². The van der Waals surface area contributed by atoms with Crippen molar-refractivity contribution in [1.82, 2.24) is 15.5 Å². The van der Waals surface area contributed by atoms with Gasteiger partial charge in [0.15, 0.2) is 5.96 Å². The molecule has 24 heavy (non-hydrogen) atoms. The van der Waals surface area contributed by atoms with E-state index < -0.39 is 0 Å². The average molecular weight is 446 g/mol. The Kier molecular flexibility index (Phi) is 9.61. The highest BCUT2D eigenvalue weighted by Gasteiger charge is 2.28. The molecule has 5 nitrogen and oxygen atoms in total. The van der Waals surface area contributed by atoms with Crippen LogP contribution in [-0.2, 0) is 11.2 Å². The fraction of sp³-hybridized carbons (Fsp3) is 0.611. The summed E-state index contributed by atoms with van der Waals surface area (Å²) < 4.78 is 5.44. The molecule has 136 valence electrons. The molecule has 0 aromatic heterocycles. The molecule has 1 fully saturated rings. The van der Waals surface area contributed by atoms with Gasteiger partial charge in [0, 0.05) is 38.8 Å².